The molecule has 0 atom stereocenters. The van der Waals surface area contributed by atoms with Crippen molar-refractivity contribution in [2.24, 2.45) is 0 Å². The molecule has 0 radical (unpaired) electrons. The molecule has 0 bridgehead atoms. The van der Waals surface area contributed by atoms with Crippen molar-refractivity contribution < 1.29 is 14.6 Å². The molecule has 3 rings (SSSR count). The normalized spacial score (nSPS) is 10.7. The fourth-order valence-electron chi connectivity index (χ4n) is 2.33. The summed E-state index contributed by atoms with van der Waals surface area (Å²) in [6.45, 7) is 0. The molecule has 0 spiro atoms. The molecule has 0 fully saturated rings. The van der Waals surface area contributed by atoms with Crippen LogP contribution in [0.25, 0.3) is 0 Å². The molecular formula is C18H16O3. The van der Waals surface area contributed by atoms with E-state index in [0.717, 1.165) is 35.1 Å². The van der Waals surface area contributed by atoms with Crippen molar-refractivity contribution in [1.82, 2.24) is 0 Å². The SMILES string of the molecule is Oc1ccc(Cc2cocc2Cc2ccc(O)cc2)cc1. The fraction of sp³-hybridized carbons (Fsp3) is 0.111. The van der Waals surface area contributed by atoms with Crippen molar-refractivity contribution in [2.45, 2.75) is 12.8 Å². The summed E-state index contributed by atoms with van der Waals surface area (Å²) in [5.41, 5.74) is 4.52. The van der Waals surface area contributed by atoms with Gasteiger partial charge >= 0.3 is 0 Å². The smallest absolute Gasteiger partial charge is 0.115 e. The Labute approximate surface area is 123 Å². The quantitative estimate of drug-likeness (QED) is 0.762. The van der Waals surface area contributed by atoms with Crippen LogP contribution >= 0.6 is 0 Å². The Morgan fingerprint density at radius 3 is 1.38 bits per heavy atom. The largest absolute Gasteiger partial charge is 0.508 e. The zero-order valence-electron chi connectivity index (χ0n) is 11.5. The first-order valence-corrected chi connectivity index (χ1v) is 6.80. The third-order valence-corrected chi connectivity index (χ3v) is 3.49. The molecule has 21 heavy (non-hydrogen) atoms. The number of benzene rings is 2. The number of hydrogen-bond acceptors (Lipinski definition) is 3. The van der Waals surface area contributed by atoms with E-state index >= 15 is 0 Å². The highest BCUT2D eigenvalue weighted by Crippen LogP contribution is 2.21. The van der Waals surface area contributed by atoms with Gasteiger partial charge in [-0.3, -0.25) is 0 Å². The topological polar surface area (TPSA) is 53.6 Å². The first-order valence-electron chi connectivity index (χ1n) is 6.80. The van der Waals surface area contributed by atoms with Crippen LogP contribution < -0.4 is 0 Å². The lowest BCUT2D eigenvalue weighted by Crippen LogP contribution is -1.93. The van der Waals surface area contributed by atoms with E-state index in [9.17, 15) is 10.2 Å². The lowest BCUT2D eigenvalue weighted by atomic mass is 9.99. The predicted molar refractivity (Wildman–Crippen MR) is 80.5 cm³/mol. The first kappa shape index (κ1) is 13.3. The minimum Gasteiger partial charge on any atom is -0.508 e. The van der Waals surface area contributed by atoms with Gasteiger partial charge in [0, 0.05) is 12.8 Å². The van der Waals surface area contributed by atoms with Crippen LogP contribution in [-0.2, 0) is 12.8 Å². The summed E-state index contributed by atoms with van der Waals surface area (Å²) in [5, 5.41) is 18.6. The minimum absolute atomic E-state index is 0.273. The molecule has 1 aromatic heterocycles. The van der Waals surface area contributed by atoms with Crippen molar-refractivity contribution in [3.63, 3.8) is 0 Å². The highest BCUT2D eigenvalue weighted by Gasteiger charge is 2.08. The molecule has 0 unspecified atom stereocenters. The maximum absolute atomic E-state index is 9.32. The van der Waals surface area contributed by atoms with E-state index in [1.165, 1.54) is 0 Å². The van der Waals surface area contributed by atoms with Gasteiger partial charge in [-0.05, 0) is 46.5 Å². The number of aromatic hydroxyl groups is 2. The number of phenols is 2. The number of phenolic OH excluding ortho intramolecular Hbond substituents is 2. The maximum Gasteiger partial charge on any atom is 0.115 e. The van der Waals surface area contributed by atoms with Gasteiger partial charge in [-0.25, -0.2) is 0 Å². The Kier molecular flexibility index (Phi) is 3.65. The fourth-order valence-corrected chi connectivity index (χ4v) is 2.33. The van der Waals surface area contributed by atoms with Crippen molar-refractivity contribution in [3.8, 4) is 11.5 Å². The van der Waals surface area contributed by atoms with Crippen LogP contribution in [0.4, 0.5) is 0 Å². The molecule has 3 heteroatoms. The van der Waals surface area contributed by atoms with Gasteiger partial charge in [-0.1, -0.05) is 24.3 Å². The van der Waals surface area contributed by atoms with Gasteiger partial charge in [0.15, 0.2) is 0 Å². The molecule has 0 aliphatic carbocycles. The number of hydrogen-bond donors (Lipinski definition) is 2. The Hall–Kier alpha value is -2.68. The van der Waals surface area contributed by atoms with E-state index in [-0.39, 0.29) is 11.5 Å². The van der Waals surface area contributed by atoms with Crippen LogP contribution in [0.3, 0.4) is 0 Å². The molecule has 3 aromatic rings. The van der Waals surface area contributed by atoms with Crippen molar-refractivity contribution >= 4 is 0 Å². The second-order valence-electron chi connectivity index (χ2n) is 5.11. The van der Waals surface area contributed by atoms with Crippen molar-refractivity contribution in [3.05, 3.63) is 83.3 Å². The Balaban J connectivity index is 1.77. The Bertz CT molecular complexity index is 647. The highest BCUT2D eigenvalue weighted by atomic mass is 16.3. The van der Waals surface area contributed by atoms with Gasteiger partial charge in [-0.2, -0.15) is 0 Å². The predicted octanol–water partition coefficient (Wildman–Crippen LogP) is 3.87. The molecule has 1 heterocycles. The van der Waals surface area contributed by atoms with Crippen LogP contribution in [-0.4, -0.2) is 10.2 Å². The lowest BCUT2D eigenvalue weighted by Gasteiger charge is -2.04. The molecule has 106 valence electrons. The summed E-state index contributed by atoms with van der Waals surface area (Å²) in [5.74, 6) is 0.547. The molecular weight excluding hydrogens is 264 g/mol. The third-order valence-electron chi connectivity index (χ3n) is 3.49. The summed E-state index contributed by atoms with van der Waals surface area (Å²) < 4.78 is 5.34. The average Bonchev–Trinajstić information content (AvgIpc) is 2.91. The van der Waals surface area contributed by atoms with Gasteiger partial charge in [0.25, 0.3) is 0 Å². The standard InChI is InChI=1S/C18H16O3/c19-17-5-1-13(2-6-17)9-15-11-21-12-16(15)10-14-3-7-18(20)8-4-14/h1-8,11-12,19-20H,9-10H2. The highest BCUT2D eigenvalue weighted by molar-refractivity contribution is 5.36. The summed E-state index contributed by atoms with van der Waals surface area (Å²) in [6, 6.07) is 14.4. The minimum atomic E-state index is 0.273. The zero-order valence-corrected chi connectivity index (χ0v) is 11.5. The molecule has 0 aliphatic heterocycles. The van der Waals surface area contributed by atoms with Crippen LogP contribution in [0.1, 0.15) is 22.3 Å². The van der Waals surface area contributed by atoms with Gasteiger partial charge < -0.3 is 14.6 Å². The van der Waals surface area contributed by atoms with Gasteiger partial charge in [0.1, 0.15) is 11.5 Å². The summed E-state index contributed by atoms with van der Waals surface area (Å²) in [4.78, 5) is 0. The molecule has 3 nitrogen and oxygen atoms in total. The van der Waals surface area contributed by atoms with E-state index in [0.29, 0.717) is 0 Å². The van der Waals surface area contributed by atoms with Crippen LogP contribution in [0.2, 0.25) is 0 Å². The summed E-state index contributed by atoms with van der Waals surface area (Å²) in [7, 11) is 0. The van der Waals surface area contributed by atoms with Crippen LogP contribution in [0.15, 0.2) is 65.5 Å². The van der Waals surface area contributed by atoms with E-state index in [4.69, 9.17) is 4.42 Å². The zero-order chi connectivity index (χ0) is 14.7. The van der Waals surface area contributed by atoms with Crippen LogP contribution in [0.5, 0.6) is 11.5 Å². The monoisotopic (exact) mass is 280 g/mol. The lowest BCUT2D eigenvalue weighted by molar-refractivity contribution is 0.474. The van der Waals surface area contributed by atoms with Gasteiger partial charge in [-0.15, -0.1) is 0 Å². The maximum atomic E-state index is 9.32. The molecule has 0 amide bonds. The summed E-state index contributed by atoms with van der Waals surface area (Å²) in [6.07, 6.45) is 5.07. The Morgan fingerprint density at radius 1 is 0.619 bits per heavy atom. The molecule has 0 saturated carbocycles. The second kappa shape index (κ2) is 5.75. The van der Waals surface area contributed by atoms with E-state index in [2.05, 4.69) is 0 Å². The molecule has 2 aromatic carbocycles. The number of furan rings is 1. The van der Waals surface area contributed by atoms with Gasteiger partial charge in [0.05, 0.1) is 12.5 Å². The van der Waals surface area contributed by atoms with E-state index in [1.54, 1.807) is 36.8 Å². The summed E-state index contributed by atoms with van der Waals surface area (Å²) >= 11 is 0. The Morgan fingerprint density at radius 2 is 1.00 bits per heavy atom. The van der Waals surface area contributed by atoms with Crippen molar-refractivity contribution in [2.75, 3.05) is 0 Å². The van der Waals surface area contributed by atoms with E-state index in [1.807, 2.05) is 24.3 Å². The average molecular weight is 280 g/mol. The molecule has 2 N–H and O–H groups in total. The van der Waals surface area contributed by atoms with Crippen LogP contribution in [0, 0.1) is 0 Å². The van der Waals surface area contributed by atoms with E-state index < -0.39 is 0 Å². The third kappa shape index (κ3) is 3.26. The second-order valence-corrected chi connectivity index (χ2v) is 5.11. The van der Waals surface area contributed by atoms with Crippen molar-refractivity contribution in [1.29, 1.82) is 0 Å². The number of rotatable bonds is 4. The molecule has 0 saturated heterocycles. The first-order chi connectivity index (χ1) is 10.2. The molecule has 0 aliphatic rings. The van der Waals surface area contributed by atoms with Gasteiger partial charge in [0.2, 0.25) is 0 Å².